The van der Waals surface area contributed by atoms with E-state index >= 15 is 0 Å². The quantitative estimate of drug-likeness (QED) is 0.700. The molecular formula is C18H15N3S. The van der Waals surface area contributed by atoms with E-state index in [0.29, 0.717) is 11.5 Å². The maximum Gasteiger partial charge on any atom is 0.153 e. The molecule has 0 spiro atoms. The van der Waals surface area contributed by atoms with E-state index in [2.05, 4.69) is 22.4 Å². The average molecular weight is 305 g/mol. The van der Waals surface area contributed by atoms with E-state index < -0.39 is 0 Å². The molecule has 0 unspecified atom stereocenters. The highest BCUT2D eigenvalue weighted by molar-refractivity contribution is 7.79. The fourth-order valence-electron chi connectivity index (χ4n) is 2.32. The van der Waals surface area contributed by atoms with Gasteiger partial charge in [0.15, 0.2) is 5.82 Å². The first-order valence-corrected chi connectivity index (χ1v) is 7.38. The van der Waals surface area contributed by atoms with Crippen molar-refractivity contribution < 1.29 is 0 Å². The Hall–Kier alpha value is -2.72. The molecule has 3 nitrogen and oxygen atoms in total. The van der Waals surface area contributed by atoms with Gasteiger partial charge >= 0.3 is 0 Å². The fraction of sp³-hybridized carbons (Fsp3) is 0. The molecule has 0 saturated carbocycles. The molecular weight excluding hydrogens is 290 g/mol. The van der Waals surface area contributed by atoms with Crippen LogP contribution in [0.15, 0.2) is 66.9 Å². The summed E-state index contributed by atoms with van der Waals surface area (Å²) in [6, 6.07) is 19.7. The average Bonchev–Trinajstić information content (AvgIpc) is 2.57. The minimum absolute atomic E-state index is 0.612. The van der Waals surface area contributed by atoms with Crippen LogP contribution in [-0.2, 0) is 0 Å². The first kappa shape index (κ1) is 14.2. The number of thiocarbonyl (C=S) groups is 1. The topological polar surface area (TPSA) is 50.9 Å². The molecule has 22 heavy (non-hydrogen) atoms. The number of nitrogens with one attached hydrogen (secondary N) is 1. The predicted octanol–water partition coefficient (Wildman–Crippen LogP) is 4.42. The van der Waals surface area contributed by atoms with Crippen LogP contribution >= 0.6 is 12.2 Å². The third kappa shape index (κ3) is 2.82. The summed E-state index contributed by atoms with van der Waals surface area (Å²) < 4.78 is 0. The van der Waals surface area contributed by atoms with Crippen molar-refractivity contribution in [3.63, 3.8) is 0 Å². The Kier molecular flexibility index (Phi) is 4.12. The van der Waals surface area contributed by atoms with Gasteiger partial charge < -0.3 is 11.1 Å². The Balaban J connectivity index is 2.08. The van der Waals surface area contributed by atoms with Crippen molar-refractivity contribution >= 4 is 34.8 Å². The van der Waals surface area contributed by atoms with Crippen molar-refractivity contribution in [3.05, 3.63) is 72.4 Å². The van der Waals surface area contributed by atoms with E-state index in [1.165, 1.54) is 0 Å². The minimum atomic E-state index is 0.612. The summed E-state index contributed by atoms with van der Waals surface area (Å²) in [5.74, 6) is 0.648. The second kappa shape index (κ2) is 6.37. The zero-order valence-electron chi connectivity index (χ0n) is 11.9. The number of hydrogen-bond acceptors (Lipinski definition) is 4. The van der Waals surface area contributed by atoms with Gasteiger partial charge in [-0.15, -0.1) is 0 Å². The molecule has 3 rings (SSSR count). The Morgan fingerprint density at radius 3 is 2.41 bits per heavy atom. The largest absolute Gasteiger partial charge is 0.396 e. The van der Waals surface area contributed by atoms with Gasteiger partial charge in [-0.2, -0.15) is 0 Å². The second-order valence-electron chi connectivity index (χ2n) is 4.82. The summed E-state index contributed by atoms with van der Waals surface area (Å²) in [4.78, 5) is 4.29. The highest BCUT2D eigenvalue weighted by Crippen LogP contribution is 2.32. The summed E-state index contributed by atoms with van der Waals surface area (Å²) >= 11 is 5.12. The van der Waals surface area contributed by atoms with Crippen LogP contribution in [-0.4, -0.2) is 10.4 Å². The standard InChI is InChI=1S/C18H15N3S/c19-16-9-5-11-20-18(16)21-17-10-4-3-8-15(17)14-7-2-1-6-13(14)12-22/h1-12H,19H2,(H,20,21). The Labute approximate surface area is 134 Å². The first-order valence-electron chi connectivity index (χ1n) is 6.90. The molecule has 108 valence electrons. The van der Waals surface area contributed by atoms with Gasteiger partial charge in [-0.05, 0) is 29.3 Å². The van der Waals surface area contributed by atoms with Gasteiger partial charge in [0.2, 0.25) is 0 Å². The highest BCUT2D eigenvalue weighted by Gasteiger charge is 2.09. The van der Waals surface area contributed by atoms with Gasteiger partial charge in [-0.1, -0.05) is 54.7 Å². The molecule has 0 atom stereocenters. The number of benzene rings is 2. The normalized spacial score (nSPS) is 10.2. The molecule has 0 radical (unpaired) electrons. The fourth-order valence-corrected chi connectivity index (χ4v) is 2.53. The van der Waals surface area contributed by atoms with Gasteiger partial charge in [-0.25, -0.2) is 4.98 Å². The number of aromatic nitrogens is 1. The van der Waals surface area contributed by atoms with Crippen molar-refractivity contribution in [2.45, 2.75) is 0 Å². The molecule has 0 aliphatic rings. The van der Waals surface area contributed by atoms with E-state index in [0.717, 1.165) is 22.4 Å². The van der Waals surface area contributed by atoms with Crippen molar-refractivity contribution in [2.24, 2.45) is 0 Å². The van der Waals surface area contributed by atoms with Gasteiger partial charge in [-0.3, -0.25) is 0 Å². The smallest absolute Gasteiger partial charge is 0.153 e. The first-order chi connectivity index (χ1) is 10.8. The second-order valence-corrected chi connectivity index (χ2v) is 5.05. The lowest BCUT2D eigenvalue weighted by molar-refractivity contribution is 1.31. The van der Waals surface area contributed by atoms with E-state index in [1.54, 1.807) is 11.6 Å². The van der Waals surface area contributed by atoms with Crippen LogP contribution in [0.4, 0.5) is 17.2 Å². The van der Waals surface area contributed by atoms with Crippen LogP contribution in [0.3, 0.4) is 0 Å². The van der Waals surface area contributed by atoms with E-state index in [4.69, 9.17) is 18.0 Å². The predicted molar refractivity (Wildman–Crippen MR) is 96.6 cm³/mol. The number of para-hydroxylation sites is 1. The van der Waals surface area contributed by atoms with E-state index in [9.17, 15) is 0 Å². The Morgan fingerprint density at radius 2 is 1.64 bits per heavy atom. The lowest BCUT2D eigenvalue weighted by atomic mass is 9.99. The van der Waals surface area contributed by atoms with E-state index in [1.807, 2.05) is 48.5 Å². The van der Waals surface area contributed by atoms with Crippen LogP contribution in [0.25, 0.3) is 11.1 Å². The number of nitrogen functional groups attached to an aromatic ring is 1. The third-order valence-electron chi connectivity index (χ3n) is 3.40. The molecule has 0 aliphatic carbocycles. The number of rotatable bonds is 4. The monoisotopic (exact) mass is 305 g/mol. The lowest BCUT2D eigenvalue weighted by Gasteiger charge is -2.14. The maximum absolute atomic E-state index is 5.97. The van der Waals surface area contributed by atoms with Crippen LogP contribution in [0.2, 0.25) is 0 Å². The number of nitrogens with two attached hydrogens (primary N) is 1. The van der Waals surface area contributed by atoms with Crippen LogP contribution in [0.5, 0.6) is 0 Å². The van der Waals surface area contributed by atoms with Gasteiger partial charge in [0, 0.05) is 22.8 Å². The number of nitrogens with zero attached hydrogens (tertiary/aromatic N) is 1. The molecule has 0 saturated heterocycles. The SMILES string of the molecule is Nc1cccnc1Nc1ccccc1-c1ccccc1C=S. The number of pyridine rings is 1. The zero-order chi connectivity index (χ0) is 15.4. The van der Waals surface area contributed by atoms with Crippen molar-refractivity contribution in [3.8, 4) is 11.1 Å². The summed E-state index contributed by atoms with van der Waals surface area (Å²) in [7, 11) is 0. The third-order valence-corrected chi connectivity index (χ3v) is 3.65. The summed E-state index contributed by atoms with van der Waals surface area (Å²) in [5.41, 5.74) is 10.7. The summed E-state index contributed by atoms with van der Waals surface area (Å²) in [6.07, 6.45) is 1.71. The van der Waals surface area contributed by atoms with Crippen LogP contribution < -0.4 is 11.1 Å². The molecule has 1 aromatic heterocycles. The highest BCUT2D eigenvalue weighted by atomic mass is 32.1. The molecule has 1 heterocycles. The van der Waals surface area contributed by atoms with Crippen molar-refractivity contribution in [2.75, 3.05) is 11.1 Å². The van der Waals surface area contributed by atoms with Crippen LogP contribution in [0.1, 0.15) is 5.56 Å². The Bertz CT molecular complexity index is 815. The molecule has 0 amide bonds. The lowest BCUT2D eigenvalue weighted by Crippen LogP contribution is -2.00. The maximum atomic E-state index is 5.97. The molecule has 2 aromatic carbocycles. The van der Waals surface area contributed by atoms with Gasteiger partial charge in [0.1, 0.15) is 0 Å². The van der Waals surface area contributed by atoms with Crippen molar-refractivity contribution in [1.82, 2.24) is 4.98 Å². The zero-order valence-corrected chi connectivity index (χ0v) is 12.7. The van der Waals surface area contributed by atoms with Gasteiger partial charge in [0.05, 0.1) is 5.69 Å². The number of hydrogen-bond donors (Lipinski definition) is 2. The molecule has 3 N–H and O–H groups in total. The molecule has 4 heteroatoms. The summed E-state index contributed by atoms with van der Waals surface area (Å²) in [6.45, 7) is 0. The molecule has 3 aromatic rings. The number of anilines is 3. The molecule has 0 fully saturated rings. The van der Waals surface area contributed by atoms with Crippen LogP contribution in [0, 0.1) is 0 Å². The van der Waals surface area contributed by atoms with Crippen molar-refractivity contribution in [1.29, 1.82) is 0 Å². The Morgan fingerprint density at radius 1 is 0.909 bits per heavy atom. The minimum Gasteiger partial charge on any atom is -0.396 e. The molecule has 0 bridgehead atoms. The summed E-state index contributed by atoms with van der Waals surface area (Å²) in [5, 5.41) is 5.00. The van der Waals surface area contributed by atoms with E-state index in [-0.39, 0.29) is 0 Å². The molecule has 0 aliphatic heterocycles. The van der Waals surface area contributed by atoms with Gasteiger partial charge in [0.25, 0.3) is 0 Å².